The smallest absolute Gasteiger partial charge is 0.292 e. The molecule has 0 fully saturated rings. The van der Waals surface area contributed by atoms with E-state index in [-0.39, 0.29) is 17.8 Å². The second-order valence-electron chi connectivity index (χ2n) is 4.68. The van der Waals surface area contributed by atoms with Crippen LogP contribution >= 0.6 is 0 Å². The Hall–Kier alpha value is -2.50. The molecular weight excluding hydrogens is 278 g/mol. The fourth-order valence-electron chi connectivity index (χ4n) is 1.98. The number of hydrogen-bond acceptors (Lipinski definition) is 3. The molecule has 0 spiro atoms. The van der Waals surface area contributed by atoms with Crippen molar-refractivity contribution in [2.24, 2.45) is 0 Å². The molecule has 0 aromatic heterocycles. The fourth-order valence-corrected chi connectivity index (χ4v) is 1.98. The van der Waals surface area contributed by atoms with Crippen LogP contribution in [0.25, 0.3) is 0 Å². The number of anilines is 1. The Morgan fingerprint density at radius 3 is 2.67 bits per heavy atom. The molecule has 4 nitrogen and oxygen atoms in total. The van der Waals surface area contributed by atoms with Gasteiger partial charge in [-0.3, -0.25) is 10.1 Å². The largest absolute Gasteiger partial charge is 0.375 e. The van der Waals surface area contributed by atoms with E-state index in [1.54, 1.807) is 31.2 Å². The van der Waals surface area contributed by atoms with Crippen molar-refractivity contribution >= 4 is 11.4 Å². The summed E-state index contributed by atoms with van der Waals surface area (Å²) in [6.07, 6.45) is -2.53. The number of hydrogen-bond donors (Lipinski definition) is 1. The molecule has 0 bridgehead atoms. The number of nitro benzene ring substituents is 1. The van der Waals surface area contributed by atoms with Gasteiger partial charge in [0.2, 0.25) is 0 Å². The predicted molar refractivity (Wildman–Crippen MR) is 76.6 cm³/mol. The van der Waals surface area contributed by atoms with E-state index in [2.05, 4.69) is 5.32 Å². The van der Waals surface area contributed by atoms with Gasteiger partial charge in [0.1, 0.15) is 5.69 Å². The number of nitro groups is 1. The average Bonchev–Trinajstić information content (AvgIpc) is 2.46. The highest BCUT2D eigenvalue weighted by molar-refractivity contribution is 5.62. The minimum absolute atomic E-state index is 0.0278. The predicted octanol–water partition coefficient (Wildman–Crippen LogP) is 4.45. The molecule has 0 saturated carbocycles. The van der Waals surface area contributed by atoms with E-state index in [0.717, 1.165) is 5.56 Å². The Balaban J connectivity index is 2.17. The van der Waals surface area contributed by atoms with Crippen LogP contribution in [-0.2, 0) is 6.54 Å². The maximum absolute atomic E-state index is 12.6. The molecule has 0 radical (unpaired) electrons. The lowest BCUT2D eigenvalue weighted by Gasteiger charge is -2.09. The van der Waals surface area contributed by atoms with E-state index < -0.39 is 11.3 Å². The first-order chi connectivity index (χ1) is 9.97. The van der Waals surface area contributed by atoms with Crippen molar-refractivity contribution in [2.75, 3.05) is 5.32 Å². The van der Waals surface area contributed by atoms with Crippen LogP contribution in [0.2, 0.25) is 0 Å². The Morgan fingerprint density at radius 1 is 1.24 bits per heavy atom. The van der Waals surface area contributed by atoms with Crippen LogP contribution in [0.3, 0.4) is 0 Å². The van der Waals surface area contributed by atoms with Gasteiger partial charge >= 0.3 is 0 Å². The zero-order chi connectivity index (χ0) is 15.4. The Bertz CT molecular complexity index is 660. The van der Waals surface area contributed by atoms with Crippen LogP contribution in [0.15, 0.2) is 42.5 Å². The molecule has 2 rings (SSSR count). The lowest BCUT2D eigenvalue weighted by atomic mass is 10.1. The molecule has 1 N–H and O–H groups in total. The monoisotopic (exact) mass is 292 g/mol. The third-order valence-corrected chi connectivity index (χ3v) is 3.04. The van der Waals surface area contributed by atoms with Crippen molar-refractivity contribution in [3.8, 4) is 0 Å². The molecule has 0 aliphatic heterocycles. The molecule has 110 valence electrons. The number of nitrogens with zero attached hydrogens (tertiary/aromatic N) is 1. The van der Waals surface area contributed by atoms with Gasteiger partial charge in [-0.25, -0.2) is 8.78 Å². The molecule has 0 aliphatic carbocycles. The Morgan fingerprint density at radius 2 is 2.00 bits per heavy atom. The molecule has 6 heteroatoms. The van der Waals surface area contributed by atoms with Crippen LogP contribution in [-0.4, -0.2) is 4.92 Å². The van der Waals surface area contributed by atoms with E-state index in [1.807, 2.05) is 0 Å². The molecule has 0 saturated heterocycles. The molecule has 2 aromatic carbocycles. The van der Waals surface area contributed by atoms with Gasteiger partial charge in [-0.1, -0.05) is 24.3 Å². The molecule has 21 heavy (non-hydrogen) atoms. The summed E-state index contributed by atoms with van der Waals surface area (Å²) in [7, 11) is 0. The number of halogens is 2. The molecule has 2 aromatic rings. The average molecular weight is 292 g/mol. The van der Waals surface area contributed by atoms with Crippen LogP contribution < -0.4 is 5.32 Å². The lowest BCUT2D eigenvalue weighted by Crippen LogP contribution is -2.03. The highest BCUT2D eigenvalue weighted by atomic mass is 19.3. The second kappa shape index (κ2) is 6.30. The van der Waals surface area contributed by atoms with Gasteiger partial charge in [0.15, 0.2) is 0 Å². The number of benzene rings is 2. The maximum Gasteiger partial charge on any atom is 0.292 e. The van der Waals surface area contributed by atoms with Crippen LogP contribution in [0.1, 0.15) is 23.1 Å². The SMILES string of the molecule is Cc1ccc(NCc2cccc(C(F)F)c2)c([N+](=O)[O-])c1. The van der Waals surface area contributed by atoms with Gasteiger partial charge in [-0.05, 0) is 30.2 Å². The van der Waals surface area contributed by atoms with E-state index in [0.29, 0.717) is 11.3 Å². The summed E-state index contributed by atoms with van der Waals surface area (Å²) in [5.74, 6) is 0. The zero-order valence-electron chi connectivity index (χ0n) is 11.3. The summed E-state index contributed by atoms with van der Waals surface area (Å²) >= 11 is 0. The molecular formula is C15H14F2N2O2. The van der Waals surface area contributed by atoms with E-state index >= 15 is 0 Å². The molecule has 0 heterocycles. The summed E-state index contributed by atoms with van der Waals surface area (Å²) in [5.41, 5.74) is 1.70. The van der Waals surface area contributed by atoms with Gasteiger partial charge in [0.25, 0.3) is 12.1 Å². The molecule has 0 amide bonds. The van der Waals surface area contributed by atoms with Crippen molar-refractivity contribution in [3.63, 3.8) is 0 Å². The topological polar surface area (TPSA) is 55.2 Å². The van der Waals surface area contributed by atoms with Crippen molar-refractivity contribution in [1.82, 2.24) is 0 Å². The number of alkyl halides is 2. The standard InChI is InChI=1S/C15H14F2N2O2/c1-10-5-6-13(14(7-10)19(20)21)18-9-11-3-2-4-12(8-11)15(16)17/h2-8,15,18H,9H2,1H3. The first-order valence-corrected chi connectivity index (χ1v) is 6.33. The van der Waals surface area contributed by atoms with Crippen LogP contribution in [0.4, 0.5) is 20.2 Å². The third-order valence-electron chi connectivity index (χ3n) is 3.04. The highest BCUT2D eigenvalue weighted by Crippen LogP contribution is 2.26. The number of nitrogens with one attached hydrogen (secondary N) is 1. The van der Waals surface area contributed by atoms with Crippen molar-refractivity contribution in [3.05, 3.63) is 69.3 Å². The van der Waals surface area contributed by atoms with E-state index in [4.69, 9.17) is 0 Å². The van der Waals surface area contributed by atoms with E-state index in [9.17, 15) is 18.9 Å². The molecule has 0 aliphatic rings. The number of rotatable bonds is 5. The summed E-state index contributed by atoms with van der Waals surface area (Å²) in [6, 6.07) is 10.8. The Kier molecular flexibility index (Phi) is 4.47. The summed E-state index contributed by atoms with van der Waals surface area (Å²) < 4.78 is 25.2. The van der Waals surface area contributed by atoms with Gasteiger partial charge in [-0.2, -0.15) is 0 Å². The quantitative estimate of drug-likeness (QED) is 0.654. The van der Waals surface area contributed by atoms with Gasteiger partial charge in [0.05, 0.1) is 4.92 Å². The lowest BCUT2D eigenvalue weighted by molar-refractivity contribution is -0.384. The highest BCUT2D eigenvalue weighted by Gasteiger charge is 2.13. The molecule has 0 atom stereocenters. The first-order valence-electron chi connectivity index (χ1n) is 6.33. The minimum Gasteiger partial charge on any atom is -0.375 e. The van der Waals surface area contributed by atoms with Gasteiger partial charge in [0, 0.05) is 18.2 Å². The van der Waals surface area contributed by atoms with Crippen LogP contribution in [0.5, 0.6) is 0 Å². The van der Waals surface area contributed by atoms with Crippen molar-refractivity contribution < 1.29 is 13.7 Å². The second-order valence-corrected chi connectivity index (χ2v) is 4.68. The van der Waals surface area contributed by atoms with Gasteiger partial charge in [-0.15, -0.1) is 0 Å². The van der Waals surface area contributed by atoms with E-state index in [1.165, 1.54) is 18.2 Å². The zero-order valence-corrected chi connectivity index (χ0v) is 11.3. The fraction of sp³-hybridized carbons (Fsp3) is 0.200. The first kappa shape index (κ1) is 14.9. The van der Waals surface area contributed by atoms with Crippen molar-refractivity contribution in [2.45, 2.75) is 19.9 Å². The molecule has 0 unspecified atom stereocenters. The Labute approximate surface area is 120 Å². The minimum atomic E-state index is -2.53. The normalized spacial score (nSPS) is 10.7. The van der Waals surface area contributed by atoms with Crippen molar-refractivity contribution in [1.29, 1.82) is 0 Å². The summed E-state index contributed by atoms with van der Waals surface area (Å²) in [6.45, 7) is 2.01. The number of aryl methyl sites for hydroxylation is 1. The van der Waals surface area contributed by atoms with Gasteiger partial charge < -0.3 is 5.32 Å². The maximum atomic E-state index is 12.6. The third kappa shape index (κ3) is 3.75. The van der Waals surface area contributed by atoms with Crippen LogP contribution in [0, 0.1) is 17.0 Å². The summed E-state index contributed by atoms with van der Waals surface area (Å²) in [5, 5.41) is 13.9. The summed E-state index contributed by atoms with van der Waals surface area (Å²) in [4.78, 5) is 10.5.